The molecule has 0 aliphatic heterocycles. The number of halogens is 2. The first-order valence-corrected chi connectivity index (χ1v) is 5.75. The first-order chi connectivity index (χ1) is 7.58. The van der Waals surface area contributed by atoms with Crippen LogP contribution in [0, 0.1) is 18.2 Å². The molecule has 1 rings (SSSR count). The molecule has 2 nitrogen and oxygen atoms in total. The number of benzene rings is 1. The second kappa shape index (κ2) is 6.00. The van der Waals surface area contributed by atoms with Crippen molar-refractivity contribution in [1.82, 2.24) is 5.32 Å². The normalized spacial score (nSPS) is 14.2. The van der Waals surface area contributed by atoms with Crippen LogP contribution in [0.3, 0.4) is 0 Å². The van der Waals surface area contributed by atoms with Crippen molar-refractivity contribution in [3.05, 3.63) is 34.1 Å². The van der Waals surface area contributed by atoms with Gasteiger partial charge >= 0.3 is 0 Å². The lowest BCUT2D eigenvalue weighted by Gasteiger charge is -2.19. The van der Waals surface area contributed by atoms with E-state index in [2.05, 4.69) is 27.2 Å². The van der Waals surface area contributed by atoms with Crippen LogP contribution < -0.4 is 11.1 Å². The smallest absolute Gasteiger partial charge is 0.137 e. The Bertz CT molecular complexity index is 400. The summed E-state index contributed by atoms with van der Waals surface area (Å²) in [6, 6.07) is 4.68. The van der Waals surface area contributed by atoms with Crippen LogP contribution in [0.15, 0.2) is 22.7 Å². The summed E-state index contributed by atoms with van der Waals surface area (Å²) >= 11 is 3.14. The zero-order chi connectivity index (χ0) is 12.1. The maximum absolute atomic E-state index is 13.1. The molecule has 0 aromatic heterocycles. The van der Waals surface area contributed by atoms with E-state index in [1.165, 1.54) is 6.07 Å². The molecule has 0 aliphatic rings. The van der Waals surface area contributed by atoms with Gasteiger partial charge in [0.1, 0.15) is 5.82 Å². The average Bonchev–Trinajstić information content (AvgIpc) is 2.29. The van der Waals surface area contributed by atoms with Crippen molar-refractivity contribution < 1.29 is 4.39 Å². The van der Waals surface area contributed by atoms with Gasteiger partial charge in [-0.15, -0.1) is 6.42 Å². The van der Waals surface area contributed by atoms with Gasteiger partial charge in [0.05, 0.1) is 10.5 Å². The Balaban J connectivity index is 2.87. The Labute approximate surface area is 104 Å². The second-order valence-electron chi connectivity index (χ2n) is 3.52. The number of nitrogens with one attached hydrogen (secondary N) is 1. The molecule has 16 heavy (non-hydrogen) atoms. The molecule has 0 amide bonds. The standard InChI is InChI=1S/C12H14BrFN2/c1-3-8(2)16-12(7-15)9-4-5-11(14)10(13)6-9/h1,4-6,8,12,16H,7,15H2,2H3. The van der Waals surface area contributed by atoms with Crippen LogP contribution in [0.1, 0.15) is 18.5 Å². The van der Waals surface area contributed by atoms with Crippen LogP contribution in [0.5, 0.6) is 0 Å². The predicted molar refractivity (Wildman–Crippen MR) is 67.3 cm³/mol. The molecule has 0 radical (unpaired) electrons. The third-order valence-electron chi connectivity index (χ3n) is 2.28. The molecule has 0 bridgehead atoms. The van der Waals surface area contributed by atoms with Crippen molar-refractivity contribution in [1.29, 1.82) is 0 Å². The van der Waals surface area contributed by atoms with Crippen LogP contribution in [-0.4, -0.2) is 12.6 Å². The van der Waals surface area contributed by atoms with Crippen molar-refractivity contribution in [3.63, 3.8) is 0 Å². The number of hydrogen-bond acceptors (Lipinski definition) is 2. The van der Waals surface area contributed by atoms with Crippen molar-refractivity contribution in [2.24, 2.45) is 5.73 Å². The van der Waals surface area contributed by atoms with Gasteiger partial charge in [0.25, 0.3) is 0 Å². The summed E-state index contributed by atoms with van der Waals surface area (Å²) in [6.45, 7) is 2.28. The molecule has 4 heteroatoms. The van der Waals surface area contributed by atoms with Crippen molar-refractivity contribution >= 4 is 15.9 Å². The van der Waals surface area contributed by atoms with Crippen LogP contribution in [0.4, 0.5) is 4.39 Å². The van der Waals surface area contributed by atoms with Gasteiger partial charge in [-0.05, 0) is 40.5 Å². The van der Waals surface area contributed by atoms with Gasteiger partial charge in [-0.25, -0.2) is 4.39 Å². The van der Waals surface area contributed by atoms with Crippen molar-refractivity contribution in [2.75, 3.05) is 6.54 Å². The molecule has 1 aromatic carbocycles. The Morgan fingerprint density at radius 3 is 2.81 bits per heavy atom. The Morgan fingerprint density at radius 1 is 1.62 bits per heavy atom. The lowest BCUT2D eigenvalue weighted by molar-refractivity contribution is 0.516. The molecule has 3 N–H and O–H groups in total. The number of terminal acetylenes is 1. The fraction of sp³-hybridized carbons (Fsp3) is 0.333. The van der Waals surface area contributed by atoms with Crippen LogP contribution >= 0.6 is 15.9 Å². The van der Waals surface area contributed by atoms with E-state index in [-0.39, 0.29) is 17.9 Å². The maximum Gasteiger partial charge on any atom is 0.137 e. The summed E-state index contributed by atoms with van der Waals surface area (Å²) in [6.07, 6.45) is 5.28. The molecular weight excluding hydrogens is 271 g/mol. The zero-order valence-electron chi connectivity index (χ0n) is 9.00. The van der Waals surface area contributed by atoms with Crippen LogP contribution in [-0.2, 0) is 0 Å². The van der Waals surface area contributed by atoms with Crippen LogP contribution in [0.2, 0.25) is 0 Å². The van der Waals surface area contributed by atoms with Gasteiger partial charge in [0.2, 0.25) is 0 Å². The molecule has 2 atom stereocenters. The van der Waals surface area contributed by atoms with Crippen LogP contribution in [0.25, 0.3) is 0 Å². The third-order valence-corrected chi connectivity index (χ3v) is 2.89. The highest BCUT2D eigenvalue weighted by Crippen LogP contribution is 2.21. The summed E-state index contributed by atoms with van der Waals surface area (Å²) in [7, 11) is 0. The molecule has 0 saturated carbocycles. The van der Waals surface area contributed by atoms with E-state index in [4.69, 9.17) is 12.2 Å². The molecule has 0 saturated heterocycles. The predicted octanol–water partition coefficient (Wildman–Crippen LogP) is 2.20. The lowest BCUT2D eigenvalue weighted by atomic mass is 10.1. The molecule has 0 heterocycles. The third kappa shape index (κ3) is 3.31. The quantitative estimate of drug-likeness (QED) is 0.832. The molecular formula is C12H14BrFN2. The van der Waals surface area contributed by atoms with Gasteiger partial charge in [-0.2, -0.15) is 0 Å². The molecule has 2 unspecified atom stereocenters. The first kappa shape index (κ1) is 13.2. The van der Waals surface area contributed by atoms with Gasteiger partial charge < -0.3 is 5.73 Å². The highest BCUT2D eigenvalue weighted by molar-refractivity contribution is 9.10. The Kier molecular flexibility index (Phi) is 4.94. The minimum Gasteiger partial charge on any atom is -0.329 e. The molecule has 0 aliphatic carbocycles. The topological polar surface area (TPSA) is 38.0 Å². The van der Waals surface area contributed by atoms with E-state index >= 15 is 0 Å². The maximum atomic E-state index is 13.1. The number of rotatable bonds is 4. The minimum absolute atomic E-state index is 0.0667. The Hall–Kier alpha value is -0.890. The van der Waals surface area contributed by atoms with Gasteiger partial charge in [0, 0.05) is 12.6 Å². The summed E-state index contributed by atoms with van der Waals surface area (Å²) in [5.74, 6) is 2.29. The highest BCUT2D eigenvalue weighted by Gasteiger charge is 2.12. The highest BCUT2D eigenvalue weighted by atomic mass is 79.9. The largest absolute Gasteiger partial charge is 0.329 e. The van der Waals surface area contributed by atoms with Crippen molar-refractivity contribution in [3.8, 4) is 12.3 Å². The molecule has 0 spiro atoms. The van der Waals surface area contributed by atoms with Gasteiger partial charge in [-0.1, -0.05) is 12.0 Å². The van der Waals surface area contributed by atoms with Gasteiger partial charge in [-0.3, -0.25) is 5.32 Å². The Morgan fingerprint density at radius 2 is 2.31 bits per heavy atom. The summed E-state index contributed by atoms with van der Waals surface area (Å²) in [5, 5.41) is 3.17. The summed E-state index contributed by atoms with van der Waals surface area (Å²) in [5.41, 5.74) is 6.57. The van der Waals surface area contributed by atoms with Gasteiger partial charge in [0.15, 0.2) is 0 Å². The number of hydrogen-bond donors (Lipinski definition) is 2. The second-order valence-corrected chi connectivity index (χ2v) is 4.37. The SMILES string of the molecule is C#CC(C)NC(CN)c1ccc(F)c(Br)c1. The van der Waals surface area contributed by atoms with E-state index in [0.29, 0.717) is 11.0 Å². The monoisotopic (exact) mass is 284 g/mol. The molecule has 86 valence electrons. The lowest BCUT2D eigenvalue weighted by Crippen LogP contribution is -2.34. The first-order valence-electron chi connectivity index (χ1n) is 4.95. The number of nitrogens with two attached hydrogens (primary N) is 1. The zero-order valence-corrected chi connectivity index (χ0v) is 10.6. The minimum atomic E-state index is -0.287. The summed E-state index contributed by atoms with van der Waals surface area (Å²) in [4.78, 5) is 0. The summed E-state index contributed by atoms with van der Waals surface area (Å²) < 4.78 is 13.5. The fourth-order valence-corrected chi connectivity index (χ4v) is 1.78. The van der Waals surface area contributed by atoms with E-state index in [0.717, 1.165) is 5.56 Å². The average molecular weight is 285 g/mol. The molecule has 1 aromatic rings. The van der Waals surface area contributed by atoms with Crippen molar-refractivity contribution in [2.45, 2.75) is 19.0 Å². The fourth-order valence-electron chi connectivity index (χ4n) is 1.38. The van der Waals surface area contributed by atoms with E-state index in [1.54, 1.807) is 12.1 Å². The van der Waals surface area contributed by atoms with E-state index in [1.807, 2.05) is 6.92 Å². The van der Waals surface area contributed by atoms with E-state index in [9.17, 15) is 4.39 Å². The molecule has 0 fully saturated rings. The van der Waals surface area contributed by atoms with E-state index < -0.39 is 0 Å².